The molecule has 0 saturated carbocycles. The molecule has 0 rings (SSSR count). The van der Waals surface area contributed by atoms with Gasteiger partial charge in [-0.3, -0.25) is 4.79 Å². The van der Waals surface area contributed by atoms with Crippen LogP contribution in [-0.2, 0) is 19.6 Å². The second-order valence-corrected chi connectivity index (χ2v) is 8.38. The van der Waals surface area contributed by atoms with Gasteiger partial charge >= 0.3 is 5.97 Å². The molecule has 0 amide bonds. The average molecular weight is 431 g/mol. The van der Waals surface area contributed by atoms with Crippen LogP contribution >= 0.6 is 0 Å². The number of nitrogens with one attached hydrogen (secondary N) is 1. The van der Waals surface area contributed by atoms with Gasteiger partial charge in [-0.15, -0.1) is 0 Å². The summed E-state index contributed by atoms with van der Waals surface area (Å²) in [6.45, 7) is 14.1. The van der Waals surface area contributed by atoms with Crippen LogP contribution in [0.2, 0.25) is 0 Å². The van der Waals surface area contributed by atoms with E-state index in [0.717, 1.165) is 30.7 Å². The van der Waals surface area contributed by atoms with Crippen molar-refractivity contribution in [3.63, 3.8) is 0 Å². The molecule has 1 atom stereocenters. The number of sulfonamides is 1. The summed E-state index contributed by atoms with van der Waals surface area (Å²) in [5.74, 6) is -0.284. The molecule has 8 heteroatoms. The van der Waals surface area contributed by atoms with Crippen molar-refractivity contribution in [3.05, 3.63) is 0 Å². The Morgan fingerprint density at radius 2 is 1.62 bits per heavy atom. The quantitative estimate of drug-likeness (QED) is 0.310. The molecule has 0 spiro atoms. The molecule has 146 valence electrons. The van der Waals surface area contributed by atoms with Crippen molar-refractivity contribution in [2.24, 2.45) is 5.92 Å². The van der Waals surface area contributed by atoms with E-state index in [1.165, 1.54) is 7.11 Å². The topological polar surface area (TPSA) is 72.5 Å². The van der Waals surface area contributed by atoms with Gasteiger partial charge in [0.1, 0.15) is 6.04 Å². The summed E-state index contributed by atoms with van der Waals surface area (Å²) in [7, 11) is -2.21. The van der Waals surface area contributed by atoms with Gasteiger partial charge in [-0.25, -0.2) is 13.1 Å². The lowest BCUT2D eigenvalue weighted by atomic mass is 10.1. The third-order valence-electron chi connectivity index (χ3n) is 4.57. The smallest absolute Gasteiger partial charge is 0.323 e. The third-order valence-corrected chi connectivity index (χ3v) is 6.04. The van der Waals surface area contributed by atoms with Gasteiger partial charge in [-0.1, -0.05) is 13.8 Å². The van der Waals surface area contributed by atoms with Crippen molar-refractivity contribution in [2.45, 2.75) is 53.5 Å². The Labute approximate surface area is 158 Å². The molecule has 0 aliphatic heterocycles. The van der Waals surface area contributed by atoms with Crippen LogP contribution in [0.5, 0.6) is 0 Å². The molecule has 0 aromatic heterocycles. The van der Waals surface area contributed by atoms with Crippen LogP contribution in [0, 0.1) is 5.92 Å². The molecule has 1 N–H and O–H groups in total. The number of hydrogen-bond acceptors (Lipinski definition) is 4. The van der Waals surface area contributed by atoms with Crippen molar-refractivity contribution >= 4 is 16.0 Å². The molecule has 0 aromatic carbocycles. The fraction of sp³-hybridized carbons (Fsp3) is 0.938. The number of halogens is 1. The molecule has 0 saturated heterocycles. The van der Waals surface area contributed by atoms with Crippen molar-refractivity contribution < 1.29 is 39.4 Å². The lowest BCUT2D eigenvalue weighted by Gasteiger charge is -2.35. The molecule has 1 unspecified atom stereocenters. The van der Waals surface area contributed by atoms with Gasteiger partial charge in [0.05, 0.1) is 39.0 Å². The highest BCUT2D eigenvalue weighted by Gasteiger charge is 2.27. The number of ether oxygens (including phenoxy) is 1. The molecule has 0 radical (unpaired) electrons. The van der Waals surface area contributed by atoms with Gasteiger partial charge in [0, 0.05) is 6.42 Å². The summed E-state index contributed by atoms with van der Waals surface area (Å²) in [6, 6.07) is -0.798. The van der Waals surface area contributed by atoms with E-state index in [1.807, 2.05) is 13.8 Å². The van der Waals surface area contributed by atoms with Crippen molar-refractivity contribution in [3.8, 4) is 0 Å². The van der Waals surface area contributed by atoms with Crippen molar-refractivity contribution in [2.75, 3.05) is 39.0 Å². The first kappa shape index (κ1) is 26.1. The number of hydrogen-bond donors (Lipinski definition) is 1. The maximum atomic E-state index is 12.3. The summed E-state index contributed by atoms with van der Waals surface area (Å²) in [5, 5.41) is 0. The van der Waals surface area contributed by atoms with E-state index in [4.69, 9.17) is 4.74 Å². The lowest BCUT2D eigenvalue weighted by molar-refractivity contribution is -0.923. The number of esters is 1. The fourth-order valence-electron chi connectivity index (χ4n) is 2.82. The predicted octanol–water partition coefficient (Wildman–Crippen LogP) is -1.24. The van der Waals surface area contributed by atoms with Gasteiger partial charge < -0.3 is 26.2 Å². The van der Waals surface area contributed by atoms with Crippen molar-refractivity contribution in [1.82, 2.24) is 4.72 Å². The molecule has 24 heavy (non-hydrogen) atoms. The van der Waals surface area contributed by atoms with Crippen LogP contribution in [0.15, 0.2) is 0 Å². The molecule has 0 heterocycles. The minimum absolute atomic E-state index is 0. The molecule has 0 aliphatic carbocycles. The monoisotopic (exact) mass is 430 g/mol. The van der Waals surface area contributed by atoms with Crippen LogP contribution < -0.4 is 21.7 Å². The zero-order chi connectivity index (χ0) is 18.1. The van der Waals surface area contributed by atoms with E-state index in [9.17, 15) is 13.2 Å². The van der Waals surface area contributed by atoms with Crippen LogP contribution in [0.1, 0.15) is 47.5 Å². The predicted molar refractivity (Wildman–Crippen MR) is 93.5 cm³/mol. The van der Waals surface area contributed by atoms with Gasteiger partial charge in [0.25, 0.3) is 0 Å². The number of rotatable bonds is 12. The minimum Gasteiger partial charge on any atom is -1.00 e. The normalized spacial score (nSPS) is 13.5. The van der Waals surface area contributed by atoms with Gasteiger partial charge in [0.15, 0.2) is 0 Å². The van der Waals surface area contributed by atoms with Crippen LogP contribution in [-0.4, -0.2) is 64.0 Å². The van der Waals surface area contributed by atoms with E-state index < -0.39 is 22.0 Å². The Morgan fingerprint density at radius 1 is 1.12 bits per heavy atom. The molecule has 0 fully saturated rings. The standard InChI is InChI=1S/C16H35N2O4S.BrH/c1-7-18(8-2,9-3)11-10-12-23(20,21)17-15(13-14(4)5)16(19)22-6;/h14-15,17H,7-13H2,1-6H3;1H/q+1;/p-1. The lowest BCUT2D eigenvalue weighted by Crippen LogP contribution is -3.00. The highest BCUT2D eigenvalue weighted by Crippen LogP contribution is 2.10. The van der Waals surface area contributed by atoms with E-state index in [-0.39, 0.29) is 28.7 Å². The zero-order valence-corrected chi connectivity index (χ0v) is 18.4. The van der Waals surface area contributed by atoms with Gasteiger partial charge in [-0.2, -0.15) is 0 Å². The Hall–Kier alpha value is -0.180. The zero-order valence-electron chi connectivity index (χ0n) is 16.0. The molecule has 0 bridgehead atoms. The Morgan fingerprint density at radius 3 is 2.00 bits per heavy atom. The van der Waals surface area contributed by atoms with Gasteiger partial charge in [-0.05, 0) is 33.1 Å². The molecule has 0 aromatic rings. The Balaban J connectivity index is 0. The van der Waals surface area contributed by atoms with E-state index >= 15 is 0 Å². The number of quaternary nitrogens is 1. The SMILES string of the molecule is CC[N+](CC)(CC)CCCS(=O)(=O)NC(CC(C)C)C(=O)OC.[Br-]. The maximum absolute atomic E-state index is 12.3. The summed E-state index contributed by atoms with van der Waals surface area (Å²) < 4.78 is 32.7. The number of nitrogens with zero attached hydrogens (tertiary/aromatic N) is 1. The largest absolute Gasteiger partial charge is 1.00 e. The first-order valence-corrected chi connectivity index (χ1v) is 10.2. The molecule has 6 nitrogen and oxygen atoms in total. The summed E-state index contributed by atoms with van der Waals surface area (Å²) >= 11 is 0. The second kappa shape index (κ2) is 12.2. The highest BCUT2D eigenvalue weighted by atomic mass is 79.9. The Bertz CT molecular complexity index is 443. The Kier molecular flexibility index (Phi) is 13.3. The first-order chi connectivity index (χ1) is 10.6. The van der Waals surface area contributed by atoms with E-state index in [1.54, 1.807) is 0 Å². The fourth-order valence-corrected chi connectivity index (χ4v) is 4.07. The van der Waals surface area contributed by atoms with Crippen LogP contribution in [0.25, 0.3) is 0 Å². The third kappa shape index (κ3) is 9.34. The number of carbonyl (C=O) groups is 1. The maximum Gasteiger partial charge on any atom is 0.323 e. The second-order valence-electron chi connectivity index (χ2n) is 6.51. The van der Waals surface area contributed by atoms with Crippen LogP contribution in [0.4, 0.5) is 0 Å². The summed E-state index contributed by atoms with van der Waals surface area (Å²) in [6.07, 6.45) is 1.02. The number of methoxy groups -OCH3 is 1. The van der Waals surface area contributed by atoms with Gasteiger partial charge in [0.2, 0.25) is 10.0 Å². The highest BCUT2D eigenvalue weighted by molar-refractivity contribution is 7.89. The average Bonchev–Trinajstić information content (AvgIpc) is 2.49. The van der Waals surface area contributed by atoms with E-state index in [0.29, 0.717) is 12.8 Å². The molecular formula is C16H35BrN2O4S. The first-order valence-electron chi connectivity index (χ1n) is 8.58. The minimum atomic E-state index is -3.49. The summed E-state index contributed by atoms with van der Waals surface area (Å²) in [4.78, 5) is 11.7. The number of carbonyl (C=O) groups excluding carboxylic acids is 1. The molecular weight excluding hydrogens is 396 g/mol. The van der Waals surface area contributed by atoms with Crippen molar-refractivity contribution in [1.29, 1.82) is 0 Å². The molecule has 0 aliphatic rings. The van der Waals surface area contributed by atoms with E-state index in [2.05, 4.69) is 25.5 Å². The summed E-state index contributed by atoms with van der Waals surface area (Å²) in [5.41, 5.74) is 0. The van der Waals surface area contributed by atoms with Crippen LogP contribution in [0.3, 0.4) is 0 Å².